The van der Waals surface area contributed by atoms with Crippen LogP contribution in [0.4, 0.5) is 10.1 Å². The molecule has 0 aliphatic heterocycles. The molecule has 4 heteroatoms. The molecule has 1 aliphatic carbocycles. The van der Waals surface area contributed by atoms with E-state index in [0.717, 1.165) is 11.6 Å². The second-order valence-electron chi connectivity index (χ2n) is 4.29. The molecule has 1 aliphatic rings. The van der Waals surface area contributed by atoms with E-state index in [1.807, 2.05) is 25.1 Å². The number of nitrogens with one attached hydrogen (secondary N) is 1. The highest BCUT2D eigenvalue weighted by atomic mass is 19.1. The number of aliphatic hydroxyl groups is 1. The molecule has 0 saturated heterocycles. The van der Waals surface area contributed by atoms with Crippen LogP contribution in [-0.2, 0) is 4.79 Å². The molecule has 0 fully saturated rings. The summed E-state index contributed by atoms with van der Waals surface area (Å²) in [5, 5.41) is 11.8. The Labute approximate surface area is 105 Å². The van der Waals surface area contributed by atoms with Crippen molar-refractivity contribution in [2.75, 3.05) is 5.32 Å². The second kappa shape index (κ2) is 5.04. The zero-order valence-corrected chi connectivity index (χ0v) is 10.0. The number of benzene rings is 1. The summed E-state index contributed by atoms with van der Waals surface area (Å²) >= 11 is 0. The summed E-state index contributed by atoms with van der Waals surface area (Å²) in [4.78, 5) is 11.9. The molecule has 2 rings (SSSR count). The van der Waals surface area contributed by atoms with Crippen molar-refractivity contribution in [3.63, 3.8) is 0 Å². The van der Waals surface area contributed by atoms with E-state index in [1.165, 1.54) is 0 Å². The lowest BCUT2D eigenvalue weighted by atomic mass is 10.0. The monoisotopic (exact) mass is 247 g/mol. The third-order valence-electron chi connectivity index (χ3n) is 2.76. The Balaban J connectivity index is 2.16. The highest BCUT2D eigenvalue weighted by molar-refractivity contribution is 6.04. The van der Waals surface area contributed by atoms with E-state index in [-0.39, 0.29) is 17.8 Å². The summed E-state index contributed by atoms with van der Waals surface area (Å²) in [6, 6.07) is 7.30. The first-order valence-corrected chi connectivity index (χ1v) is 5.72. The van der Waals surface area contributed by atoms with E-state index >= 15 is 0 Å². The van der Waals surface area contributed by atoms with Crippen molar-refractivity contribution in [1.29, 1.82) is 0 Å². The average Bonchev–Trinajstić information content (AvgIpc) is 2.28. The number of anilines is 1. The van der Waals surface area contributed by atoms with Gasteiger partial charge in [0.15, 0.2) is 0 Å². The van der Waals surface area contributed by atoms with E-state index in [2.05, 4.69) is 5.32 Å². The van der Waals surface area contributed by atoms with Crippen LogP contribution in [0.1, 0.15) is 18.4 Å². The molecule has 0 saturated carbocycles. The molecule has 0 radical (unpaired) electrons. The van der Waals surface area contributed by atoms with Crippen molar-refractivity contribution < 1.29 is 14.3 Å². The molecule has 18 heavy (non-hydrogen) atoms. The first-order valence-electron chi connectivity index (χ1n) is 5.72. The average molecular weight is 247 g/mol. The Morgan fingerprint density at radius 1 is 1.39 bits per heavy atom. The lowest BCUT2D eigenvalue weighted by molar-refractivity contribution is -0.113. The molecule has 1 aromatic carbocycles. The van der Waals surface area contributed by atoms with Gasteiger partial charge >= 0.3 is 0 Å². The Hall–Kier alpha value is -2.10. The van der Waals surface area contributed by atoms with Crippen molar-refractivity contribution in [3.8, 4) is 0 Å². The number of rotatable bonds is 2. The Morgan fingerprint density at radius 2 is 2.17 bits per heavy atom. The van der Waals surface area contributed by atoms with Gasteiger partial charge in [-0.15, -0.1) is 0 Å². The number of halogens is 1. The molecule has 0 heterocycles. The van der Waals surface area contributed by atoms with Crippen LogP contribution in [0.2, 0.25) is 0 Å². The maximum Gasteiger partial charge on any atom is 0.254 e. The van der Waals surface area contributed by atoms with Gasteiger partial charge in [-0.1, -0.05) is 12.1 Å². The highest BCUT2D eigenvalue weighted by Gasteiger charge is 2.19. The van der Waals surface area contributed by atoms with Gasteiger partial charge in [0.25, 0.3) is 5.91 Å². The number of amides is 1. The molecule has 0 bridgehead atoms. The zero-order valence-electron chi connectivity index (χ0n) is 10.0. The van der Waals surface area contributed by atoms with Gasteiger partial charge in [0, 0.05) is 18.2 Å². The first-order chi connectivity index (χ1) is 8.56. The van der Waals surface area contributed by atoms with Gasteiger partial charge in [-0.3, -0.25) is 4.79 Å². The molecule has 1 aromatic rings. The van der Waals surface area contributed by atoms with E-state index in [4.69, 9.17) is 5.11 Å². The van der Waals surface area contributed by atoms with Crippen LogP contribution in [0.3, 0.4) is 0 Å². The standard InChI is InChI=1S/C14H14FNO2/c1-9-3-2-4-10(7-9)16-14(18)12-6-5-11(17)8-13(12)15/h2-4,7-8,17H,5-6H2,1H3,(H,16,18). The highest BCUT2D eigenvalue weighted by Crippen LogP contribution is 2.24. The quantitative estimate of drug-likeness (QED) is 0.841. The number of carbonyl (C=O) groups excluding carboxylic acids is 1. The van der Waals surface area contributed by atoms with Crippen molar-refractivity contribution in [3.05, 3.63) is 53.1 Å². The Morgan fingerprint density at radius 3 is 2.83 bits per heavy atom. The van der Waals surface area contributed by atoms with E-state index in [1.54, 1.807) is 6.07 Å². The number of hydrogen-bond donors (Lipinski definition) is 2. The molecule has 2 N–H and O–H groups in total. The van der Waals surface area contributed by atoms with Crippen LogP contribution in [0.5, 0.6) is 0 Å². The predicted octanol–water partition coefficient (Wildman–Crippen LogP) is 3.39. The van der Waals surface area contributed by atoms with Crippen molar-refractivity contribution in [1.82, 2.24) is 0 Å². The summed E-state index contributed by atoms with van der Waals surface area (Å²) in [7, 11) is 0. The maximum atomic E-state index is 13.5. The van der Waals surface area contributed by atoms with Gasteiger partial charge in [-0.05, 0) is 31.0 Å². The second-order valence-corrected chi connectivity index (χ2v) is 4.29. The summed E-state index contributed by atoms with van der Waals surface area (Å²) < 4.78 is 13.5. The summed E-state index contributed by atoms with van der Waals surface area (Å²) in [6.45, 7) is 1.91. The number of carbonyl (C=O) groups is 1. The van der Waals surface area contributed by atoms with Gasteiger partial charge in [0.05, 0.1) is 11.3 Å². The van der Waals surface area contributed by atoms with Crippen LogP contribution in [0, 0.1) is 6.92 Å². The van der Waals surface area contributed by atoms with E-state index in [0.29, 0.717) is 12.1 Å². The topological polar surface area (TPSA) is 49.3 Å². The number of allylic oxidation sites excluding steroid dienone is 3. The third kappa shape index (κ3) is 2.77. The zero-order chi connectivity index (χ0) is 13.1. The predicted molar refractivity (Wildman–Crippen MR) is 67.9 cm³/mol. The molecule has 94 valence electrons. The first kappa shape index (κ1) is 12.4. The molecular formula is C14H14FNO2. The largest absolute Gasteiger partial charge is 0.512 e. The van der Waals surface area contributed by atoms with Crippen LogP contribution in [0.15, 0.2) is 47.5 Å². The van der Waals surface area contributed by atoms with Gasteiger partial charge in [-0.25, -0.2) is 4.39 Å². The van der Waals surface area contributed by atoms with E-state index < -0.39 is 11.7 Å². The van der Waals surface area contributed by atoms with Crippen LogP contribution in [0.25, 0.3) is 0 Å². The molecular weight excluding hydrogens is 233 g/mol. The Bertz CT molecular complexity index is 546. The van der Waals surface area contributed by atoms with Crippen LogP contribution in [-0.4, -0.2) is 11.0 Å². The van der Waals surface area contributed by atoms with E-state index in [9.17, 15) is 9.18 Å². The lowest BCUT2D eigenvalue weighted by Crippen LogP contribution is -2.17. The molecule has 3 nitrogen and oxygen atoms in total. The molecule has 0 unspecified atom stereocenters. The minimum atomic E-state index is -0.663. The number of hydrogen-bond acceptors (Lipinski definition) is 2. The van der Waals surface area contributed by atoms with Gasteiger partial charge in [0.2, 0.25) is 0 Å². The normalized spacial score (nSPS) is 15.3. The van der Waals surface area contributed by atoms with Crippen molar-refractivity contribution >= 4 is 11.6 Å². The summed E-state index contributed by atoms with van der Waals surface area (Å²) in [6.07, 6.45) is 1.50. The number of aryl methyl sites for hydroxylation is 1. The van der Waals surface area contributed by atoms with Crippen LogP contribution >= 0.6 is 0 Å². The fourth-order valence-electron chi connectivity index (χ4n) is 1.83. The SMILES string of the molecule is Cc1cccc(NC(=O)C2=C(F)C=C(O)CC2)c1. The smallest absolute Gasteiger partial charge is 0.254 e. The molecule has 1 amide bonds. The number of aliphatic hydroxyl groups excluding tert-OH is 1. The van der Waals surface area contributed by atoms with Gasteiger partial charge in [-0.2, -0.15) is 0 Å². The van der Waals surface area contributed by atoms with Crippen molar-refractivity contribution in [2.24, 2.45) is 0 Å². The molecule has 0 spiro atoms. The maximum absolute atomic E-state index is 13.5. The molecule has 0 atom stereocenters. The van der Waals surface area contributed by atoms with Crippen LogP contribution < -0.4 is 5.32 Å². The summed E-state index contributed by atoms with van der Waals surface area (Å²) in [5.41, 5.74) is 1.73. The third-order valence-corrected chi connectivity index (χ3v) is 2.76. The van der Waals surface area contributed by atoms with Gasteiger partial charge < -0.3 is 10.4 Å². The molecule has 0 aromatic heterocycles. The fraction of sp³-hybridized carbons (Fsp3) is 0.214. The fourth-order valence-corrected chi connectivity index (χ4v) is 1.83. The minimum Gasteiger partial charge on any atom is -0.512 e. The Kier molecular flexibility index (Phi) is 3.46. The van der Waals surface area contributed by atoms with Crippen molar-refractivity contribution in [2.45, 2.75) is 19.8 Å². The van der Waals surface area contributed by atoms with Gasteiger partial charge in [0.1, 0.15) is 5.83 Å². The lowest BCUT2D eigenvalue weighted by Gasteiger charge is -2.13. The summed E-state index contributed by atoms with van der Waals surface area (Å²) in [5.74, 6) is -1.15. The minimum absolute atomic E-state index is 0.0281.